The van der Waals surface area contributed by atoms with E-state index in [1.807, 2.05) is 4.72 Å². The van der Waals surface area contributed by atoms with Crippen molar-refractivity contribution in [3.05, 3.63) is 0 Å². The fourth-order valence-electron chi connectivity index (χ4n) is 0.679. The van der Waals surface area contributed by atoms with Crippen LogP contribution < -0.4 is 15.2 Å². The Kier molecular flexibility index (Phi) is 5.53. The molecule has 0 saturated heterocycles. The number of nitrogens with zero attached hydrogens (tertiary/aromatic N) is 1. The van der Waals surface area contributed by atoms with Gasteiger partial charge in [0.25, 0.3) is 0 Å². The lowest BCUT2D eigenvalue weighted by Gasteiger charge is -2.12. The number of amidine groups is 1. The minimum Gasteiger partial charge on any atom is -0.449 e. The van der Waals surface area contributed by atoms with E-state index >= 15 is 0 Å². The van der Waals surface area contributed by atoms with E-state index in [0.29, 0.717) is 0 Å². The molecule has 0 aliphatic rings. The van der Waals surface area contributed by atoms with Crippen molar-refractivity contribution in [2.75, 3.05) is 6.61 Å². The van der Waals surface area contributed by atoms with Crippen LogP contribution in [0.2, 0.25) is 0 Å². The summed E-state index contributed by atoms with van der Waals surface area (Å²) in [4.78, 5) is 10.8. The van der Waals surface area contributed by atoms with Gasteiger partial charge in [0.15, 0.2) is 5.84 Å². The van der Waals surface area contributed by atoms with E-state index in [0.717, 1.165) is 0 Å². The molecule has 10 heteroatoms. The summed E-state index contributed by atoms with van der Waals surface area (Å²) in [5.41, 5.74) is 5.14. The maximum Gasteiger partial charge on any atom is 0.421 e. The standard InChI is InChI=1S/C6H14N4O5S/c1-3-15-6(11)10-16(13,14)9-4(2)5(7)8-12/h4,9,12H,3H2,1-2H3,(H2,7,8)(H,10,11). The molecule has 1 unspecified atom stereocenters. The van der Waals surface area contributed by atoms with E-state index in [9.17, 15) is 13.2 Å². The number of carbonyl (C=O) groups excluding carboxylic acids is 1. The first-order valence-electron chi connectivity index (χ1n) is 4.26. The minimum absolute atomic E-state index is 0.0388. The van der Waals surface area contributed by atoms with Crippen molar-refractivity contribution in [2.24, 2.45) is 10.9 Å². The number of amides is 1. The van der Waals surface area contributed by atoms with Crippen LogP contribution in [0, 0.1) is 0 Å². The summed E-state index contributed by atoms with van der Waals surface area (Å²) in [7, 11) is -4.10. The number of ether oxygens (including phenoxy) is 1. The molecule has 94 valence electrons. The van der Waals surface area contributed by atoms with Crippen LogP contribution in [0.15, 0.2) is 5.16 Å². The molecular formula is C6H14N4O5S. The molecule has 0 aromatic carbocycles. The van der Waals surface area contributed by atoms with Crippen molar-refractivity contribution >= 4 is 22.1 Å². The molecule has 1 atom stereocenters. The molecule has 9 nitrogen and oxygen atoms in total. The first kappa shape index (κ1) is 14.5. The molecule has 0 aliphatic carbocycles. The zero-order valence-electron chi connectivity index (χ0n) is 8.80. The van der Waals surface area contributed by atoms with Crippen LogP contribution in [0.5, 0.6) is 0 Å². The van der Waals surface area contributed by atoms with E-state index in [1.165, 1.54) is 13.8 Å². The topological polar surface area (TPSA) is 143 Å². The summed E-state index contributed by atoms with van der Waals surface area (Å²) < 4.78 is 30.3. The van der Waals surface area contributed by atoms with Crippen LogP contribution in [-0.2, 0) is 14.9 Å². The SMILES string of the molecule is CCOC(=O)NS(=O)(=O)NC(C)C(N)=NO. The van der Waals surface area contributed by atoms with Gasteiger partial charge in [0.05, 0.1) is 12.6 Å². The van der Waals surface area contributed by atoms with Gasteiger partial charge in [-0.1, -0.05) is 5.16 Å². The van der Waals surface area contributed by atoms with Crippen LogP contribution in [0.4, 0.5) is 4.79 Å². The average molecular weight is 254 g/mol. The summed E-state index contributed by atoms with van der Waals surface area (Å²) in [5, 5.41) is 10.9. The third-order valence-electron chi connectivity index (χ3n) is 1.38. The Balaban J connectivity index is 4.42. The van der Waals surface area contributed by atoms with Crippen molar-refractivity contribution in [3.8, 4) is 0 Å². The Morgan fingerprint density at radius 1 is 1.62 bits per heavy atom. The van der Waals surface area contributed by atoms with E-state index in [1.54, 1.807) is 4.72 Å². The lowest BCUT2D eigenvalue weighted by atomic mass is 10.3. The van der Waals surface area contributed by atoms with Gasteiger partial charge in [0.2, 0.25) is 0 Å². The van der Waals surface area contributed by atoms with Gasteiger partial charge in [-0.05, 0) is 13.8 Å². The summed E-state index contributed by atoms with van der Waals surface area (Å²) >= 11 is 0. The molecule has 0 saturated carbocycles. The van der Waals surface area contributed by atoms with Crippen molar-refractivity contribution < 1.29 is 23.2 Å². The number of hydrogen-bond acceptors (Lipinski definition) is 6. The number of nitrogens with two attached hydrogens (primary N) is 1. The monoisotopic (exact) mass is 254 g/mol. The highest BCUT2D eigenvalue weighted by atomic mass is 32.2. The second-order valence-electron chi connectivity index (χ2n) is 2.69. The normalized spacial score (nSPS) is 14.2. The van der Waals surface area contributed by atoms with E-state index < -0.39 is 22.3 Å². The van der Waals surface area contributed by atoms with Gasteiger partial charge in [-0.3, -0.25) is 0 Å². The predicted molar refractivity (Wildman–Crippen MR) is 55.1 cm³/mol. The molecule has 0 heterocycles. The first-order valence-corrected chi connectivity index (χ1v) is 5.75. The molecule has 0 fully saturated rings. The van der Waals surface area contributed by atoms with Gasteiger partial charge in [-0.2, -0.15) is 13.1 Å². The van der Waals surface area contributed by atoms with E-state index in [-0.39, 0.29) is 12.4 Å². The molecule has 0 bridgehead atoms. The van der Waals surface area contributed by atoms with Crippen LogP contribution in [-0.4, -0.2) is 38.2 Å². The van der Waals surface area contributed by atoms with E-state index in [2.05, 4.69) is 9.89 Å². The lowest BCUT2D eigenvalue weighted by Crippen LogP contribution is -2.48. The van der Waals surface area contributed by atoms with Crippen molar-refractivity contribution in [1.82, 2.24) is 9.44 Å². The molecule has 0 spiro atoms. The van der Waals surface area contributed by atoms with Crippen LogP contribution in [0.1, 0.15) is 13.8 Å². The third kappa shape index (κ3) is 5.36. The van der Waals surface area contributed by atoms with Crippen LogP contribution in [0.25, 0.3) is 0 Å². The lowest BCUT2D eigenvalue weighted by molar-refractivity contribution is 0.158. The predicted octanol–water partition coefficient (Wildman–Crippen LogP) is -1.30. The average Bonchev–Trinajstić information content (AvgIpc) is 2.14. The van der Waals surface area contributed by atoms with E-state index in [4.69, 9.17) is 10.9 Å². The highest BCUT2D eigenvalue weighted by Crippen LogP contribution is 1.88. The van der Waals surface area contributed by atoms with Gasteiger partial charge < -0.3 is 15.7 Å². The van der Waals surface area contributed by atoms with Gasteiger partial charge in [-0.15, -0.1) is 0 Å². The van der Waals surface area contributed by atoms with Crippen LogP contribution >= 0.6 is 0 Å². The van der Waals surface area contributed by atoms with Crippen molar-refractivity contribution in [3.63, 3.8) is 0 Å². The largest absolute Gasteiger partial charge is 0.449 e. The Hall–Kier alpha value is -1.55. The fourth-order valence-corrected chi connectivity index (χ4v) is 1.60. The number of carbonyl (C=O) groups is 1. The highest BCUT2D eigenvalue weighted by molar-refractivity contribution is 7.88. The number of hydrogen-bond donors (Lipinski definition) is 4. The summed E-state index contributed by atoms with van der Waals surface area (Å²) in [5.74, 6) is -0.339. The fraction of sp³-hybridized carbons (Fsp3) is 0.667. The van der Waals surface area contributed by atoms with Gasteiger partial charge in [0.1, 0.15) is 0 Å². The highest BCUT2D eigenvalue weighted by Gasteiger charge is 2.19. The Morgan fingerprint density at radius 3 is 2.62 bits per heavy atom. The first-order chi connectivity index (χ1) is 7.32. The van der Waals surface area contributed by atoms with Gasteiger partial charge >= 0.3 is 16.3 Å². The van der Waals surface area contributed by atoms with Crippen molar-refractivity contribution in [2.45, 2.75) is 19.9 Å². The zero-order valence-corrected chi connectivity index (χ0v) is 9.61. The number of rotatable bonds is 5. The smallest absolute Gasteiger partial charge is 0.421 e. The summed E-state index contributed by atoms with van der Waals surface area (Å²) in [6, 6.07) is -0.961. The summed E-state index contributed by atoms with van der Waals surface area (Å²) in [6.07, 6.45) is -1.11. The maximum absolute atomic E-state index is 11.2. The summed E-state index contributed by atoms with van der Waals surface area (Å²) in [6.45, 7) is 2.90. The Morgan fingerprint density at radius 2 is 2.19 bits per heavy atom. The second kappa shape index (κ2) is 6.12. The molecule has 0 aliphatic heterocycles. The van der Waals surface area contributed by atoms with Crippen LogP contribution in [0.3, 0.4) is 0 Å². The molecule has 5 N–H and O–H groups in total. The third-order valence-corrected chi connectivity index (χ3v) is 2.48. The van der Waals surface area contributed by atoms with Gasteiger partial charge in [0, 0.05) is 0 Å². The molecule has 0 rings (SSSR count). The minimum atomic E-state index is -4.10. The molecule has 0 aromatic rings. The second-order valence-corrected chi connectivity index (χ2v) is 4.14. The molecule has 0 radical (unpaired) electrons. The molecule has 1 amide bonds. The quantitative estimate of drug-likeness (QED) is 0.208. The zero-order chi connectivity index (χ0) is 12.8. The Bertz CT molecular complexity index is 365. The number of oxime groups is 1. The van der Waals surface area contributed by atoms with Crippen molar-refractivity contribution in [1.29, 1.82) is 0 Å². The molecule has 16 heavy (non-hydrogen) atoms. The maximum atomic E-state index is 11.2. The number of nitrogens with one attached hydrogen (secondary N) is 2. The Labute approximate surface area is 92.8 Å². The molecular weight excluding hydrogens is 240 g/mol. The van der Waals surface area contributed by atoms with Gasteiger partial charge in [-0.25, -0.2) is 9.52 Å². The molecule has 0 aromatic heterocycles.